The first kappa shape index (κ1) is 7.58. The quantitative estimate of drug-likeness (QED) is 0.516. The van der Waals surface area contributed by atoms with Gasteiger partial charge in [0.2, 0.25) is 5.91 Å². The molecule has 12 heavy (non-hydrogen) atoms. The highest BCUT2D eigenvalue weighted by Crippen LogP contribution is 2.20. The molecule has 1 unspecified atom stereocenters. The molecular formula is C8H11NO3. The van der Waals surface area contributed by atoms with Crippen molar-refractivity contribution in [1.29, 1.82) is 0 Å². The number of hydrogen-bond donors (Lipinski definition) is 0. The van der Waals surface area contributed by atoms with Crippen LogP contribution in [0.15, 0.2) is 0 Å². The molecule has 2 rings (SSSR count). The molecule has 0 aromatic carbocycles. The van der Waals surface area contributed by atoms with Gasteiger partial charge < -0.3 is 9.64 Å². The lowest BCUT2D eigenvalue weighted by Gasteiger charge is -2.19. The molecule has 0 spiro atoms. The predicted molar refractivity (Wildman–Crippen MR) is 40.3 cm³/mol. The monoisotopic (exact) mass is 169 g/mol. The van der Waals surface area contributed by atoms with Crippen LogP contribution in [0.5, 0.6) is 0 Å². The molecule has 0 N–H and O–H groups in total. The second-order valence-corrected chi connectivity index (χ2v) is 3.16. The van der Waals surface area contributed by atoms with Gasteiger partial charge in [-0.25, -0.2) is 4.79 Å². The maximum Gasteiger partial charge on any atom is 0.328 e. The third kappa shape index (κ3) is 1.07. The fourth-order valence-electron chi connectivity index (χ4n) is 1.77. The SMILES string of the molecule is O=C1OCCC1N1CCCC1=O. The summed E-state index contributed by atoms with van der Waals surface area (Å²) in [5.74, 6) is -0.135. The number of hydrogen-bond acceptors (Lipinski definition) is 3. The molecule has 2 fully saturated rings. The Balaban J connectivity index is 2.08. The van der Waals surface area contributed by atoms with Crippen LogP contribution in [0.1, 0.15) is 19.3 Å². The lowest BCUT2D eigenvalue weighted by atomic mass is 10.2. The topological polar surface area (TPSA) is 46.6 Å². The number of rotatable bonds is 1. The summed E-state index contributed by atoms with van der Waals surface area (Å²) in [5, 5.41) is 0. The zero-order chi connectivity index (χ0) is 8.55. The first-order valence-electron chi connectivity index (χ1n) is 4.25. The summed E-state index contributed by atoms with van der Waals surface area (Å²) in [7, 11) is 0. The molecule has 0 saturated carbocycles. The van der Waals surface area contributed by atoms with Gasteiger partial charge in [-0.05, 0) is 6.42 Å². The first-order valence-corrected chi connectivity index (χ1v) is 4.25. The van der Waals surface area contributed by atoms with Gasteiger partial charge in [-0.1, -0.05) is 0 Å². The Hall–Kier alpha value is -1.06. The second-order valence-electron chi connectivity index (χ2n) is 3.16. The van der Waals surface area contributed by atoms with Crippen LogP contribution in [0.3, 0.4) is 0 Å². The lowest BCUT2D eigenvalue weighted by molar-refractivity contribution is -0.146. The zero-order valence-electron chi connectivity index (χ0n) is 6.78. The maximum atomic E-state index is 11.2. The van der Waals surface area contributed by atoms with E-state index >= 15 is 0 Å². The summed E-state index contributed by atoms with van der Waals surface area (Å²) in [6.07, 6.45) is 2.14. The van der Waals surface area contributed by atoms with E-state index in [2.05, 4.69) is 0 Å². The number of nitrogens with zero attached hydrogens (tertiary/aromatic N) is 1. The van der Waals surface area contributed by atoms with Crippen molar-refractivity contribution in [2.45, 2.75) is 25.3 Å². The first-order chi connectivity index (χ1) is 5.79. The summed E-state index contributed by atoms with van der Waals surface area (Å²) < 4.78 is 4.79. The standard InChI is InChI=1S/C8H11NO3/c10-7-2-1-4-9(7)6-3-5-12-8(6)11/h6H,1-5H2. The number of carbonyl (C=O) groups is 2. The van der Waals surface area contributed by atoms with Gasteiger partial charge in [-0.3, -0.25) is 4.79 Å². The molecule has 2 saturated heterocycles. The average Bonchev–Trinajstić information content (AvgIpc) is 2.59. The van der Waals surface area contributed by atoms with Gasteiger partial charge in [0, 0.05) is 19.4 Å². The van der Waals surface area contributed by atoms with Gasteiger partial charge in [0.25, 0.3) is 0 Å². The maximum absolute atomic E-state index is 11.2. The van der Waals surface area contributed by atoms with E-state index in [0.29, 0.717) is 19.4 Å². The van der Waals surface area contributed by atoms with E-state index in [-0.39, 0.29) is 17.9 Å². The highest BCUT2D eigenvalue weighted by molar-refractivity contribution is 5.86. The largest absolute Gasteiger partial charge is 0.464 e. The summed E-state index contributed by atoms with van der Waals surface area (Å²) in [6, 6.07) is -0.278. The van der Waals surface area contributed by atoms with E-state index < -0.39 is 0 Å². The van der Waals surface area contributed by atoms with Crippen molar-refractivity contribution in [1.82, 2.24) is 4.90 Å². The molecule has 0 aromatic heterocycles. The van der Waals surface area contributed by atoms with Crippen LogP contribution in [0.2, 0.25) is 0 Å². The van der Waals surface area contributed by atoms with E-state index in [1.165, 1.54) is 0 Å². The molecule has 4 heteroatoms. The van der Waals surface area contributed by atoms with Crippen molar-refractivity contribution in [3.63, 3.8) is 0 Å². The van der Waals surface area contributed by atoms with Gasteiger partial charge >= 0.3 is 5.97 Å². The third-order valence-electron chi connectivity index (χ3n) is 2.39. The van der Waals surface area contributed by atoms with Crippen molar-refractivity contribution in [2.24, 2.45) is 0 Å². The average molecular weight is 169 g/mol. The van der Waals surface area contributed by atoms with Crippen molar-refractivity contribution >= 4 is 11.9 Å². The minimum Gasteiger partial charge on any atom is -0.464 e. The minimum atomic E-state index is -0.278. The van der Waals surface area contributed by atoms with Gasteiger partial charge in [0.15, 0.2) is 0 Å². The molecule has 2 heterocycles. The Labute approximate surface area is 70.5 Å². The fourth-order valence-corrected chi connectivity index (χ4v) is 1.77. The van der Waals surface area contributed by atoms with Gasteiger partial charge in [0.05, 0.1) is 6.61 Å². The molecule has 66 valence electrons. The van der Waals surface area contributed by atoms with E-state index in [0.717, 1.165) is 13.0 Å². The molecule has 0 aromatic rings. The van der Waals surface area contributed by atoms with Crippen LogP contribution in [0.4, 0.5) is 0 Å². The molecule has 0 aliphatic carbocycles. The van der Waals surface area contributed by atoms with Gasteiger partial charge in [0.1, 0.15) is 6.04 Å². The van der Waals surface area contributed by atoms with Crippen LogP contribution >= 0.6 is 0 Å². The summed E-state index contributed by atoms with van der Waals surface area (Å²) in [6.45, 7) is 1.19. The van der Waals surface area contributed by atoms with Crippen LogP contribution in [0.25, 0.3) is 0 Å². The molecular weight excluding hydrogens is 158 g/mol. The fraction of sp³-hybridized carbons (Fsp3) is 0.750. The van der Waals surface area contributed by atoms with E-state index in [1.54, 1.807) is 4.90 Å². The van der Waals surface area contributed by atoms with Crippen molar-refractivity contribution in [3.05, 3.63) is 0 Å². The second kappa shape index (κ2) is 2.77. The van der Waals surface area contributed by atoms with Crippen molar-refractivity contribution < 1.29 is 14.3 Å². The molecule has 0 bridgehead atoms. The normalized spacial score (nSPS) is 29.7. The predicted octanol–water partition coefficient (Wildman–Crippen LogP) is -0.0757. The van der Waals surface area contributed by atoms with Crippen LogP contribution in [-0.4, -0.2) is 36.0 Å². The number of likely N-dealkylation sites (tertiary alicyclic amines) is 1. The Bertz CT molecular complexity index is 202. The molecule has 2 aliphatic rings. The number of amides is 1. The number of esters is 1. The molecule has 4 nitrogen and oxygen atoms in total. The molecule has 2 aliphatic heterocycles. The highest BCUT2D eigenvalue weighted by Gasteiger charge is 2.36. The van der Waals surface area contributed by atoms with Gasteiger partial charge in [-0.15, -0.1) is 0 Å². The van der Waals surface area contributed by atoms with E-state index in [4.69, 9.17) is 4.74 Å². The van der Waals surface area contributed by atoms with E-state index in [1.807, 2.05) is 0 Å². The molecule has 0 radical (unpaired) electrons. The van der Waals surface area contributed by atoms with Crippen molar-refractivity contribution in [2.75, 3.05) is 13.2 Å². The third-order valence-corrected chi connectivity index (χ3v) is 2.39. The lowest BCUT2D eigenvalue weighted by Crippen LogP contribution is -2.39. The number of ether oxygens (including phenoxy) is 1. The summed E-state index contributed by atoms with van der Waals surface area (Å²) in [4.78, 5) is 24.0. The van der Waals surface area contributed by atoms with Crippen LogP contribution in [-0.2, 0) is 14.3 Å². The van der Waals surface area contributed by atoms with Crippen LogP contribution < -0.4 is 0 Å². The zero-order valence-corrected chi connectivity index (χ0v) is 6.78. The Morgan fingerprint density at radius 2 is 2.25 bits per heavy atom. The molecule has 1 atom stereocenters. The minimum absolute atomic E-state index is 0.0962. The van der Waals surface area contributed by atoms with Crippen LogP contribution in [0, 0.1) is 0 Å². The summed E-state index contributed by atoms with van der Waals surface area (Å²) >= 11 is 0. The van der Waals surface area contributed by atoms with E-state index in [9.17, 15) is 9.59 Å². The van der Waals surface area contributed by atoms with Gasteiger partial charge in [-0.2, -0.15) is 0 Å². The smallest absolute Gasteiger partial charge is 0.328 e. The Morgan fingerprint density at radius 1 is 1.42 bits per heavy atom. The Morgan fingerprint density at radius 3 is 2.75 bits per heavy atom. The molecule has 1 amide bonds. The number of cyclic esters (lactones) is 1. The number of carbonyl (C=O) groups excluding carboxylic acids is 2. The Kier molecular flexibility index (Phi) is 1.75. The highest BCUT2D eigenvalue weighted by atomic mass is 16.5. The van der Waals surface area contributed by atoms with Crippen molar-refractivity contribution in [3.8, 4) is 0 Å². The summed E-state index contributed by atoms with van der Waals surface area (Å²) in [5.41, 5.74) is 0.